The Morgan fingerprint density at radius 1 is 1.43 bits per heavy atom. The zero-order valence-corrected chi connectivity index (χ0v) is 12.2. The Labute approximate surface area is 126 Å². The predicted octanol–water partition coefficient (Wildman–Crippen LogP) is 1.97. The minimum absolute atomic E-state index is 0.0836. The Morgan fingerprint density at radius 2 is 2.24 bits per heavy atom. The molecule has 3 N–H and O–H groups in total. The second-order valence-electron chi connectivity index (χ2n) is 5.13. The second kappa shape index (κ2) is 5.83. The van der Waals surface area contributed by atoms with Gasteiger partial charge in [0.25, 0.3) is 0 Å². The topological polar surface area (TPSA) is 78.4 Å². The van der Waals surface area contributed by atoms with Crippen LogP contribution in [-0.2, 0) is 11.3 Å². The van der Waals surface area contributed by atoms with Gasteiger partial charge in [0.1, 0.15) is 4.88 Å². The van der Waals surface area contributed by atoms with Crippen molar-refractivity contribution in [3.05, 3.63) is 34.7 Å². The number of carbonyl (C=O) groups is 2. The molecule has 1 unspecified atom stereocenters. The third kappa shape index (κ3) is 2.91. The predicted molar refractivity (Wildman–Crippen MR) is 81.7 cm³/mol. The summed E-state index contributed by atoms with van der Waals surface area (Å²) >= 11 is 1.31. The quantitative estimate of drug-likeness (QED) is 0.807. The molecule has 1 fully saturated rings. The first-order valence-electron chi connectivity index (χ1n) is 6.89. The number of benzene rings is 1. The third-order valence-corrected chi connectivity index (χ3v) is 4.93. The van der Waals surface area contributed by atoms with Gasteiger partial charge in [-0.15, -0.1) is 11.3 Å². The Morgan fingerprint density at radius 3 is 2.95 bits per heavy atom. The van der Waals surface area contributed by atoms with Gasteiger partial charge < -0.3 is 15.7 Å². The molecule has 1 aromatic carbocycles. The Bertz CT molecular complexity index is 685. The number of piperidine rings is 1. The van der Waals surface area contributed by atoms with Gasteiger partial charge in [0, 0.05) is 30.3 Å². The van der Waals surface area contributed by atoms with Crippen molar-refractivity contribution in [2.75, 3.05) is 6.54 Å². The van der Waals surface area contributed by atoms with E-state index in [9.17, 15) is 14.7 Å². The zero-order valence-electron chi connectivity index (χ0n) is 11.4. The van der Waals surface area contributed by atoms with E-state index in [1.54, 1.807) is 0 Å². The van der Waals surface area contributed by atoms with E-state index in [1.165, 1.54) is 11.3 Å². The highest BCUT2D eigenvalue weighted by atomic mass is 32.1. The molecule has 5 nitrogen and oxygen atoms in total. The number of amides is 1. The van der Waals surface area contributed by atoms with Crippen LogP contribution in [0.1, 0.15) is 28.1 Å². The number of nitrogens with one attached hydrogen (secondary N) is 2. The van der Waals surface area contributed by atoms with Crippen LogP contribution in [0.15, 0.2) is 24.3 Å². The molecule has 6 heteroatoms. The molecule has 0 aliphatic carbocycles. The molecular formula is C15H16N2O3S. The number of aromatic carboxylic acids is 1. The van der Waals surface area contributed by atoms with Crippen LogP contribution in [0.2, 0.25) is 0 Å². The molecule has 1 saturated heterocycles. The largest absolute Gasteiger partial charge is 0.477 e. The number of thiophene rings is 1. The van der Waals surface area contributed by atoms with Crippen molar-refractivity contribution in [2.24, 2.45) is 0 Å². The van der Waals surface area contributed by atoms with E-state index in [0.29, 0.717) is 24.4 Å². The van der Waals surface area contributed by atoms with E-state index in [0.717, 1.165) is 22.1 Å². The number of rotatable bonds is 4. The van der Waals surface area contributed by atoms with Crippen LogP contribution in [0.5, 0.6) is 0 Å². The van der Waals surface area contributed by atoms with Crippen molar-refractivity contribution in [1.29, 1.82) is 0 Å². The van der Waals surface area contributed by atoms with E-state index in [-0.39, 0.29) is 11.9 Å². The molecule has 1 aromatic heterocycles. The van der Waals surface area contributed by atoms with Crippen molar-refractivity contribution < 1.29 is 14.7 Å². The normalized spacial score (nSPS) is 18.7. The summed E-state index contributed by atoms with van der Waals surface area (Å²) in [6.45, 7) is 1.11. The van der Waals surface area contributed by atoms with Crippen LogP contribution in [0, 0.1) is 0 Å². The monoisotopic (exact) mass is 304 g/mol. The molecule has 110 valence electrons. The van der Waals surface area contributed by atoms with Crippen LogP contribution in [-0.4, -0.2) is 29.6 Å². The average Bonchev–Trinajstić information content (AvgIpc) is 2.86. The first kappa shape index (κ1) is 14.0. The van der Waals surface area contributed by atoms with Crippen molar-refractivity contribution in [3.63, 3.8) is 0 Å². The number of carboxylic acid groups (broad SMARTS) is 1. The fraction of sp³-hybridized carbons (Fsp3) is 0.333. The highest BCUT2D eigenvalue weighted by Gasteiger charge is 2.21. The standard InChI is InChI=1S/C15H16N2O3S/c18-13-6-5-9(7-17-13)16-8-11-10-3-1-2-4-12(10)21-14(11)15(19)20/h1-4,9,16H,5-8H2,(H,17,18)(H,19,20). The third-order valence-electron chi connectivity index (χ3n) is 3.73. The smallest absolute Gasteiger partial charge is 0.346 e. The molecule has 0 saturated carbocycles. The molecule has 0 radical (unpaired) electrons. The lowest BCUT2D eigenvalue weighted by atomic mass is 10.1. The van der Waals surface area contributed by atoms with E-state index in [2.05, 4.69) is 10.6 Å². The molecule has 1 amide bonds. The van der Waals surface area contributed by atoms with Crippen molar-refractivity contribution in [2.45, 2.75) is 25.4 Å². The van der Waals surface area contributed by atoms with Gasteiger partial charge in [-0.2, -0.15) is 0 Å². The number of hydrogen-bond donors (Lipinski definition) is 3. The highest BCUT2D eigenvalue weighted by molar-refractivity contribution is 7.21. The molecule has 1 aliphatic rings. The summed E-state index contributed by atoms with van der Waals surface area (Å²) in [5, 5.41) is 16.5. The van der Waals surface area contributed by atoms with E-state index >= 15 is 0 Å². The van der Waals surface area contributed by atoms with Crippen LogP contribution in [0.4, 0.5) is 0 Å². The molecular weight excluding hydrogens is 288 g/mol. The van der Waals surface area contributed by atoms with Gasteiger partial charge >= 0.3 is 5.97 Å². The number of carboxylic acids is 1. The number of hydrogen-bond acceptors (Lipinski definition) is 4. The lowest BCUT2D eigenvalue weighted by Gasteiger charge is -2.23. The lowest BCUT2D eigenvalue weighted by Crippen LogP contribution is -2.45. The van der Waals surface area contributed by atoms with Crippen LogP contribution in [0.25, 0.3) is 10.1 Å². The fourth-order valence-electron chi connectivity index (χ4n) is 2.60. The lowest BCUT2D eigenvalue weighted by molar-refractivity contribution is -0.122. The van der Waals surface area contributed by atoms with Gasteiger partial charge in [-0.25, -0.2) is 4.79 Å². The molecule has 2 aromatic rings. The summed E-state index contributed by atoms with van der Waals surface area (Å²) in [7, 11) is 0. The first-order valence-corrected chi connectivity index (χ1v) is 7.70. The van der Waals surface area contributed by atoms with Gasteiger partial charge in [-0.1, -0.05) is 18.2 Å². The zero-order chi connectivity index (χ0) is 14.8. The van der Waals surface area contributed by atoms with Crippen LogP contribution in [0.3, 0.4) is 0 Å². The summed E-state index contributed by atoms with van der Waals surface area (Å²) in [6.07, 6.45) is 1.31. The van der Waals surface area contributed by atoms with Gasteiger partial charge in [-0.05, 0) is 23.4 Å². The maximum Gasteiger partial charge on any atom is 0.346 e. The average molecular weight is 304 g/mol. The summed E-state index contributed by atoms with van der Waals surface area (Å²) in [6, 6.07) is 7.93. The molecule has 0 bridgehead atoms. The molecule has 2 heterocycles. The van der Waals surface area contributed by atoms with Crippen molar-refractivity contribution in [3.8, 4) is 0 Å². The number of fused-ring (bicyclic) bond motifs is 1. The fourth-order valence-corrected chi connectivity index (χ4v) is 3.66. The Hall–Kier alpha value is -1.92. The van der Waals surface area contributed by atoms with Gasteiger partial charge in [0.05, 0.1) is 0 Å². The summed E-state index contributed by atoms with van der Waals surface area (Å²) < 4.78 is 0.989. The van der Waals surface area contributed by atoms with Crippen LogP contribution < -0.4 is 10.6 Å². The van der Waals surface area contributed by atoms with E-state index in [4.69, 9.17) is 0 Å². The summed E-state index contributed by atoms with van der Waals surface area (Å²) in [4.78, 5) is 22.9. The highest BCUT2D eigenvalue weighted by Crippen LogP contribution is 2.31. The maximum atomic E-state index is 11.4. The Balaban J connectivity index is 1.80. The van der Waals surface area contributed by atoms with Gasteiger partial charge in [-0.3, -0.25) is 4.79 Å². The molecule has 3 rings (SSSR count). The van der Waals surface area contributed by atoms with Crippen molar-refractivity contribution in [1.82, 2.24) is 10.6 Å². The second-order valence-corrected chi connectivity index (χ2v) is 6.18. The van der Waals surface area contributed by atoms with E-state index < -0.39 is 5.97 Å². The minimum atomic E-state index is -0.884. The van der Waals surface area contributed by atoms with E-state index in [1.807, 2.05) is 24.3 Å². The molecule has 1 aliphatic heterocycles. The Kier molecular flexibility index (Phi) is 3.90. The maximum absolute atomic E-state index is 11.4. The van der Waals surface area contributed by atoms with Gasteiger partial charge in [0.2, 0.25) is 5.91 Å². The molecule has 0 spiro atoms. The SMILES string of the molecule is O=C1CCC(NCc2c(C(=O)O)sc3ccccc23)CN1. The minimum Gasteiger partial charge on any atom is -0.477 e. The van der Waals surface area contributed by atoms with Crippen molar-refractivity contribution >= 4 is 33.3 Å². The van der Waals surface area contributed by atoms with Crippen LogP contribution >= 0.6 is 11.3 Å². The summed E-state index contributed by atoms with van der Waals surface area (Å²) in [5.74, 6) is -0.801. The summed E-state index contributed by atoms with van der Waals surface area (Å²) in [5.41, 5.74) is 0.833. The van der Waals surface area contributed by atoms with Gasteiger partial charge in [0.15, 0.2) is 0 Å². The molecule has 21 heavy (non-hydrogen) atoms. The molecule has 1 atom stereocenters. The first-order chi connectivity index (χ1) is 10.1. The number of carbonyl (C=O) groups excluding carboxylic acids is 1.